The van der Waals surface area contributed by atoms with E-state index in [1.54, 1.807) is 0 Å². The zero-order valence-electron chi connectivity index (χ0n) is 7.97. The molecule has 0 aliphatic heterocycles. The van der Waals surface area contributed by atoms with E-state index in [-0.39, 0.29) is 0 Å². The molecule has 0 heterocycles. The van der Waals surface area contributed by atoms with Gasteiger partial charge in [0, 0.05) is 18.1 Å². The lowest BCUT2D eigenvalue weighted by Crippen LogP contribution is -2.39. The van der Waals surface area contributed by atoms with Gasteiger partial charge < -0.3 is 10.6 Å². The molecule has 0 aromatic heterocycles. The van der Waals surface area contributed by atoms with Crippen LogP contribution in [0.1, 0.15) is 38.5 Å². The summed E-state index contributed by atoms with van der Waals surface area (Å²) >= 11 is 0. The molecule has 0 amide bonds. The van der Waals surface area contributed by atoms with Crippen LogP contribution in [0.5, 0.6) is 0 Å². The molecule has 12 heavy (non-hydrogen) atoms. The maximum absolute atomic E-state index is 3.71. The Morgan fingerprint density at radius 2 is 1.17 bits per heavy atom. The van der Waals surface area contributed by atoms with Crippen LogP contribution in [0.4, 0.5) is 0 Å². The van der Waals surface area contributed by atoms with Gasteiger partial charge in [0.2, 0.25) is 0 Å². The van der Waals surface area contributed by atoms with Crippen molar-refractivity contribution >= 4 is 0 Å². The van der Waals surface area contributed by atoms with Crippen LogP contribution in [0, 0.1) is 0 Å². The van der Waals surface area contributed by atoms with Crippen LogP contribution in [0.25, 0.3) is 0 Å². The molecule has 2 aliphatic rings. The Morgan fingerprint density at radius 3 is 1.58 bits per heavy atom. The van der Waals surface area contributed by atoms with Crippen LogP contribution in [0.3, 0.4) is 0 Å². The summed E-state index contributed by atoms with van der Waals surface area (Å²) in [5.74, 6) is 0. The molecule has 0 aromatic carbocycles. The second kappa shape index (κ2) is 3.75. The van der Waals surface area contributed by atoms with Gasteiger partial charge in [0.1, 0.15) is 0 Å². The highest BCUT2D eigenvalue weighted by Crippen LogP contribution is 2.24. The number of rotatable bonds is 3. The van der Waals surface area contributed by atoms with Crippen molar-refractivity contribution in [3.63, 3.8) is 0 Å². The van der Waals surface area contributed by atoms with E-state index in [2.05, 4.69) is 17.7 Å². The third-order valence-electron chi connectivity index (χ3n) is 3.18. The minimum atomic E-state index is 0.794. The van der Waals surface area contributed by atoms with Gasteiger partial charge in [0.15, 0.2) is 0 Å². The van der Waals surface area contributed by atoms with Gasteiger partial charge in [-0.15, -0.1) is 0 Å². The standard InChI is InChI=1S/C10H20N2/c1-11-8-2-4-9(5-3-8)12-10-6-7-10/h8-12H,2-7H2,1H3. The van der Waals surface area contributed by atoms with Crippen molar-refractivity contribution in [2.75, 3.05) is 7.05 Å². The summed E-state index contributed by atoms with van der Waals surface area (Å²) in [5.41, 5.74) is 0. The first-order valence-electron chi connectivity index (χ1n) is 5.32. The Bertz CT molecular complexity index is 135. The highest BCUT2D eigenvalue weighted by Gasteiger charge is 2.27. The molecule has 0 unspecified atom stereocenters. The molecular weight excluding hydrogens is 148 g/mol. The molecule has 2 fully saturated rings. The van der Waals surface area contributed by atoms with Gasteiger partial charge in [-0.25, -0.2) is 0 Å². The second-order valence-corrected chi connectivity index (χ2v) is 4.28. The number of nitrogens with one attached hydrogen (secondary N) is 2. The van der Waals surface area contributed by atoms with Gasteiger partial charge >= 0.3 is 0 Å². The largest absolute Gasteiger partial charge is 0.317 e. The summed E-state index contributed by atoms with van der Waals surface area (Å²) in [6.45, 7) is 0. The quantitative estimate of drug-likeness (QED) is 0.663. The van der Waals surface area contributed by atoms with Gasteiger partial charge in [-0.3, -0.25) is 0 Å². The zero-order valence-corrected chi connectivity index (χ0v) is 7.97. The van der Waals surface area contributed by atoms with Gasteiger partial charge in [0.05, 0.1) is 0 Å². The molecule has 0 radical (unpaired) electrons. The fourth-order valence-electron chi connectivity index (χ4n) is 2.13. The molecule has 0 bridgehead atoms. The van der Waals surface area contributed by atoms with E-state index < -0.39 is 0 Å². The van der Waals surface area contributed by atoms with E-state index in [0.29, 0.717) is 0 Å². The van der Waals surface area contributed by atoms with E-state index in [4.69, 9.17) is 0 Å². The third-order valence-corrected chi connectivity index (χ3v) is 3.18. The van der Waals surface area contributed by atoms with Gasteiger partial charge in [-0.05, 0) is 45.6 Å². The summed E-state index contributed by atoms with van der Waals surface area (Å²) in [7, 11) is 2.08. The maximum atomic E-state index is 3.71. The summed E-state index contributed by atoms with van der Waals surface area (Å²) in [6.07, 6.45) is 8.32. The van der Waals surface area contributed by atoms with E-state index in [1.807, 2.05) is 0 Å². The molecule has 0 aromatic rings. The van der Waals surface area contributed by atoms with Crippen molar-refractivity contribution in [2.45, 2.75) is 56.7 Å². The van der Waals surface area contributed by atoms with Crippen LogP contribution in [0.2, 0.25) is 0 Å². The van der Waals surface area contributed by atoms with Gasteiger partial charge in [-0.2, -0.15) is 0 Å². The summed E-state index contributed by atoms with van der Waals surface area (Å²) in [4.78, 5) is 0. The summed E-state index contributed by atoms with van der Waals surface area (Å²) in [5, 5.41) is 7.08. The second-order valence-electron chi connectivity index (χ2n) is 4.28. The summed E-state index contributed by atoms with van der Waals surface area (Å²) < 4.78 is 0. The number of hydrogen-bond acceptors (Lipinski definition) is 2. The van der Waals surface area contributed by atoms with Crippen LogP contribution in [-0.4, -0.2) is 25.2 Å². The lowest BCUT2D eigenvalue weighted by atomic mass is 9.91. The fraction of sp³-hybridized carbons (Fsp3) is 1.00. The molecule has 2 rings (SSSR count). The molecule has 2 saturated carbocycles. The lowest BCUT2D eigenvalue weighted by Gasteiger charge is -2.28. The highest BCUT2D eigenvalue weighted by atomic mass is 15.0. The van der Waals surface area contributed by atoms with Crippen LogP contribution in [0.15, 0.2) is 0 Å². The first-order valence-corrected chi connectivity index (χ1v) is 5.32. The normalized spacial score (nSPS) is 36.8. The molecular formula is C10H20N2. The fourth-order valence-corrected chi connectivity index (χ4v) is 2.13. The lowest BCUT2D eigenvalue weighted by molar-refractivity contribution is 0.316. The minimum absolute atomic E-state index is 0.794. The third kappa shape index (κ3) is 2.20. The molecule has 2 heteroatoms. The van der Waals surface area contributed by atoms with Crippen molar-refractivity contribution in [3.8, 4) is 0 Å². The monoisotopic (exact) mass is 168 g/mol. The molecule has 0 saturated heterocycles. The minimum Gasteiger partial charge on any atom is -0.317 e. The highest BCUT2D eigenvalue weighted by molar-refractivity contribution is 4.88. The average Bonchev–Trinajstić information content (AvgIpc) is 2.90. The predicted molar refractivity (Wildman–Crippen MR) is 51.3 cm³/mol. The van der Waals surface area contributed by atoms with E-state index >= 15 is 0 Å². The van der Waals surface area contributed by atoms with Crippen molar-refractivity contribution in [1.82, 2.24) is 10.6 Å². The molecule has 0 spiro atoms. The van der Waals surface area contributed by atoms with Crippen molar-refractivity contribution in [2.24, 2.45) is 0 Å². The van der Waals surface area contributed by atoms with Crippen LogP contribution >= 0.6 is 0 Å². The Labute approximate surface area is 75.1 Å². The Morgan fingerprint density at radius 1 is 0.750 bits per heavy atom. The Hall–Kier alpha value is -0.0800. The van der Waals surface area contributed by atoms with Gasteiger partial charge in [0.25, 0.3) is 0 Å². The first-order chi connectivity index (χ1) is 5.88. The average molecular weight is 168 g/mol. The smallest absolute Gasteiger partial charge is 0.00708 e. The van der Waals surface area contributed by atoms with Crippen LogP contribution < -0.4 is 10.6 Å². The van der Waals surface area contributed by atoms with E-state index in [9.17, 15) is 0 Å². The molecule has 2 N–H and O–H groups in total. The molecule has 0 atom stereocenters. The SMILES string of the molecule is CNC1CCC(NC2CC2)CC1. The topological polar surface area (TPSA) is 24.1 Å². The maximum Gasteiger partial charge on any atom is 0.00708 e. The molecule has 2 nitrogen and oxygen atoms in total. The van der Waals surface area contributed by atoms with Crippen molar-refractivity contribution < 1.29 is 0 Å². The zero-order chi connectivity index (χ0) is 8.39. The molecule has 70 valence electrons. The van der Waals surface area contributed by atoms with Crippen molar-refractivity contribution in [3.05, 3.63) is 0 Å². The van der Waals surface area contributed by atoms with E-state index in [0.717, 1.165) is 18.1 Å². The summed E-state index contributed by atoms with van der Waals surface area (Å²) in [6, 6.07) is 2.52. The van der Waals surface area contributed by atoms with Gasteiger partial charge in [-0.1, -0.05) is 0 Å². The Balaban J connectivity index is 1.66. The number of hydrogen-bond donors (Lipinski definition) is 2. The van der Waals surface area contributed by atoms with Crippen LogP contribution in [-0.2, 0) is 0 Å². The van der Waals surface area contributed by atoms with Crippen molar-refractivity contribution in [1.29, 1.82) is 0 Å². The van der Waals surface area contributed by atoms with E-state index in [1.165, 1.54) is 38.5 Å². The molecule has 2 aliphatic carbocycles. The predicted octanol–water partition coefficient (Wildman–Crippen LogP) is 1.27. The Kier molecular flexibility index (Phi) is 2.66. The first kappa shape index (κ1) is 8.52.